The highest BCUT2D eigenvalue weighted by Crippen LogP contribution is 2.16. The zero-order valence-corrected chi connectivity index (χ0v) is 13.3. The van der Waals surface area contributed by atoms with Crippen molar-refractivity contribution in [2.45, 2.75) is 26.2 Å². The lowest BCUT2D eigenvalue weighted by Gasteiger charge is -2.07. The van der Waals surface area contributed by atoms with Crippen molar-refractivity contribution in [3.8, 4) is 5.75 Å². The Morgan fingerprint density at radius 1 is 1.00 bits per heavy atom. The summed E-state index contributed by atoms with van der Waals surface area (Å²) < 4.78 is 5.81. The summed E-state index contributed by atoms with van der Waals surface area (Å²) in [6.07, 6.45) is 4.24. The minimum Gasteiger partial charge on any atom is -0.493 e. The van der Waals surface area contributed by atoms with Crippen LogP contribution in [-0.4, -0.2) is 17.4 Å². The van der Waals surface area contributed by atoms with Gasteiger partial charge in [-0.25, -0.2) is 0 Å². The molecule has 0 radical (unpaired) electrons. The summed E-state index contributed by atoms with van der Waals surface area (Å²) in [4.78, 5) is 14.2. The maximum Gasteiger partial charge on any atom is 0.130 e. The van der Waals surface area contributed by atoms with E-state index in [2.05, 4.69) is 29.2 Å². The fraction of sp³-hybridized carbons (Fsp3) is 0.250. The molecule has 3 nitrogen and oxygen atoms in total. The van der Waals surface area contributed by atoms with Crippen LogP contribution in [0, 0.1) is 0 Å². The van der Waals surface area contributed by atoms with Gasteiger partial charge < -0.3 is 14.5 Å². The summed E-state index contributed by atoms with van der Waals surface area (Å²) in [5.41, 5.74) is 3.61. The Bertz CT molecular complexity index is 787. The molecule has 0 saturated heterocycles. The lowest BCUT2D eigenvalue weighted by molar-refractivity contribution is -0.116. The third kappa shape index (κ3) is 4.22. The molecule has 2 aromatic carbocycles. The Balaban J connectivity index is 1.50. The van der Waals surface area contributed by atoms with Crippen molar-refractivity contribution < 1.29 is 9.53 Å². The number of ether oxygens (including phenoxy) is 1. The minimum atomic E-state index is 0.227. The van der Waals surface area contributed by atoms with E-state index >= 15 is 0 Å². The zero-order valence-electron chi connectivity index (χ0n) is 13.3. The van der Waals surface area contributed by atoms with Crippen molar-refractivity contribution >= 4 is 16.7 Å². The van der Waals surface area contributed by atoms with E-state index in [9.17, 15) is 4.79 Å². The Kier molecular flexibility index (Phi) is 4.77. The average molecular weight is 307 g/mol. The molecule has 0 fully saturated rings. The summed E-state index contributed by atoms with van der Waals surface area (Å²) in [7, 11) is 0. The van der Waals surface area contributed by atoms with Crippen molar-refractivity contribution in [1.29, 1.82) is 0 Å². The standard InChI is InChI=1S/C20H21NO2/c1-15(22)2-3-16-4-7-19(8-5-16)23-13-11-17-6-9-20-18(14-17)10-12-21-20/h4-10,12,14,21H,2-3,11,13H2,1H3. The SMILES string of the molecule is CC(=O)CCc1ccc(OCCc2ccc3[nH]ccc3c2)cc1. The van der Waals surface area contributed by atoms with E-state index in [0.29, 0.717) is 13.0 Å². The molecule has 0 spiro atoms. The number of benzene rings is 2. The van der Waals surface area contributed by atoms with Crippen molar-refractivity contribution in [2.75, 3.05) is 6.61 Å². The third-order valence-electron chi connectivity index (χ3n) is 3.97. The molecule has 0 unspecified atom stereocenters. The summed E-state index contributed by atoms with van der Waals surface area (Å²) in [6, 6.07) is 16.5. The summed E-state index contributed by atoms with van der Waals surface area (Å²) in [5, 5.41) is 1.23. The van der Waals surface area contributed by atoms with Crippen molar-refractivity contribution in [1.82, 2.24) is 4.98 Å². The third-order valence-corrected chi connectivity index (χ3v) is 3.97. The number of rotatable bonds is 7. The summed E-state index contributed by atoms with van der Waals surface area (Å²) in [5.74, 6) is 1.10. The van der Waals surface area contributed by atoms with Crippen LogP contribution in [0.5, 0.6) is 5.75 Å². The maximum atomic E-state index is 11.0. The topological polar surface area (TPSA) is 42.1 Å². The van der Waals surface area contributed by atoms with Crippen LogP contribution >= 0.6 is 0 Å². The van der Waals surface area contributed by atoms with Gasteiger partial charge in [-0.3, -0.25) is 0 Å². The van der Waals surface area contributed by atoms with Crippen LogP contribution in [0.15, 0.2) is 54.7 Å². The number of carbonyl (C=O) groups is 1. The molecule has 118 valence electrons. The van der Waals surface area contributed by atoms with Gasteiger partial charge in [-0.2, -0.15) is 0 Å². The monoisotopic (exact) mass is 307 g/mol. The molecule has 0 aliphatic heterocycles. The number of hydrogen-bond donors (Lipinski definition) is 1. The van der Waals surface area contributed by atoms with Crippen molar-refractivity contribution in [3.05, 3.63) is 65.9 Å². The quantitative estimate of drug-likeness (QED) is 0.706. The second-order valence-electron chi connectivity index (χ2n) is 5.84. The molecule has 3 rings (SSSR count). The Labute approximate surface area is 136 Å². The number of hydrogen-bond acceptors (Lipinski definition) is 2. The van der Waals surface area contributed by atoms with Gasteiger partial charge in [0.15, 0.2) is 0 Å². The molecule has 0 atom stereocenters. The molecule has 0 aliphatic rings. The van der Waals surface area contributed by atoms with Gasteiger partial charge in [0.1, 0.15) is 11.5 Å². The summed E-state index contributed by atoms with van der Waals surface area (Å²) >= 11 is 0. The van der Waals surface area contributed by atoms with Gasteiger partial charge in [-0.1, -0.05) is 18.2 Å². The minimum absolute atomic E-state index is 0.227. The van der Waals surface area contributed by atoms with Crippen LogP contribution in [0.1, 0.15) is 24.5 Å². The molecule has 1 N–H and O–H groups in total. The second kappa shape index (κ2) is 7.14. The first-order valence-electron chi connectivity index (χ1n) is 7.98. The molecule has 0 amide bonds. The number of Topliss-reactive ketones (excluding diaryl/α,β-unsaturated/α-hetero) is 1. The van der Waals surface area contributed by atoms with Gasteiger partial charge in [0.2, 0.25) is 0 Å². The lowest BCUT2D eigenvalue weighted by atomic mass is 10.1. The highest BCUT2D eigenvalue weighted by atomic mass is 16.5. The lowest BCUT2D eigenvalue weighted by Crippen LogP contribution is -2.01. The number of fused-ring (bicyclic) bond motifs is 1. The van der Waals surface area contributed by atoms with Crippen LogP contribution in [0.2, 0.25) is 0 Å². The van der Waals surface area contributed by atoms with Crippen LogP contribution in [0.25, 0.3) is 10.9 Å². The number of carbonyl (C=O) groups excluding carboxylic acids is 1. The summed E-state index contributed by atoms with van der Waals surface area (Å²) in [6.45, 7) is 2.28. The zero-order chi connectivity index (χ0) is 16.1. The number of aromatic nitrogens is 1. The highest BCUT2D eigenvalue weighted by molar-refractivity contribution is 5.79. The van der Waals surface area contributed by atoms with E-state index in [-0.39, 0.29) is 5.78 Å². The molecule has 0 aliphatic carbocycles. The normalized spacial score (nSPS) is 10.8. The predicted octanol–water partition coefficient (Wildman–Crippen LogP) is 4.31. The van der Waals surface area contributed by atoms with E-state index in [0.717, 1.165) is 24.1 Å². The van der Waals surface area contributed by atoms with Crippen molar-refractivity contribution in [3.63, 3.8) is 0 Å². The van der Waals surface area contributed by atoms with Gasteiger partial charge in [0, 0.05) is 24.6 Å². The largest absolute Gasteiger partial charge is 0.493 e. The van der Waals surface area contributed by atoms with Crippen molar-refractivity contribution in [2.24, 2.45) is 0 Å². The molecule has 3 aromatic rings. The molecule has 1 aromatic heterocycles. The number of nitrogens with one attached hydrogen (secondary N) is 1. The Hall–Kier alpha value is -2.55. The van der Waals surface area contributed by atoms with Crippen LogP contribution < -0.4 is 4.74 Å². The van der Waals surface area contributed by atoms with Crippen LogP contribution in [-0.2, 0) is 17.6 Å². The number of aryl methyl sites for hydroxylation is 1. The fourth-order valence-corrected chi connectivity index (χ4v) is 2.62. The van der Waals surface area contributed by atoms with Gasteiger partial charge in [0.05, 0.1) is 6.61 Å². The first-order valence-corrected chi connectivity index (χ1v) is 7.98. The number of aromatic amines is 1. The van der Waals surface area contributed by atoms with E-state index in [1.807, 2.05) is 30.5 Å². The Morgan fingerprint density at radius 2 is 1.78 bits per heavy atom. The highest BCUT2D eigenvalue weighted by Gasteiger charge is 2.00. The molecule has 1 heterocycles. The van der Waals surface area contributed by atoms with Gasteiger partial charge >= 0.3 is 0 Å². The molecular weight excluding hydrogens is 286 g/mol. The van der Waals surface area contributed by atoms with Crippen LogP contribution in [0.3, 0.4) is 0 Å². The smallest absolute Gasteiger partial charge is 0.130 e. The molecule has 0 bridgehead atoms. The van der Waals surface area contributed by atoms with Crippen LogP contribution in [0.4, 0.5) is 0 Å². The van der Waals surface area contributed by atoms with E-state index in [4.69, 9.17) is 4.74 Å². The molecule has 23 heavy (non-hydrogen) atoms. The first kappa shape index (κ1) is 15.3. The number of ketones is 1. The van der Waals surface area contributed by atoms with Gasteiger partial charge in [0.25, 0.3) is 0 Å². The Morgan fingerprint density at radius 3 is 2.57 bits per heavy atom. The number of H-pyrrole nitrogens is 1. The van der Waals surface area contributed by atoms with Gasteiger partial charge in [-0.15, -0.1) is 0 Å². The molecule has 0 saturated carbocycles. The van der Waals surface area contributed by atoms with E-state index < -0.39 is 0 Å². The van der Waals surface area contributed by atoms with Gasteiger partial charge in [-0.05, 0) is 60.2 Å². The predicted molar refractivity (Wildman–Crippen MR) is 92.9 cm³/mol. The average Bonchev–Trinajstić information content (AvgIpc) is 3.02. The molecular formula is C20H21NO2. The maximum absolute atomic E-state index is 11.0. The van der Waals surface area contributed by atoms with E-state index in [1.54, 1.807) is 6.92 Å². The second-order valence-corrected chi connectivity index (χ2v) is 5.84. The van der Waals surface area contributed by atoms with E-state index in [1.165, 1.54) is 16.5 Å². The first-order chi connectivity index (χ1) is 11.2. The molecule has 3 heteroatoms. The fourth-order valence-electron chi connectivity index (χ4n) is 2.62.